The standard InChI is InChI=1S/C6H8F3NO3/c1-3(2-4(11)12)10-5(13)6(7,8)9/h3H,2H2,1H3,(H,10,13)(H,11,12). The van der Waals surface area contributed by atoms with Crippen molar-refractivity contribution in [1.29, 1.82) is 0 Å². The van der Waals surface area contributed by atoms with E-state index in [0.29, 0.717) is 0 Å². The van der Waals surface area contributed by atoms with Crippen molar-refractivity contribution in [3.05, 3.63) is 0 Å². The maximum atomic E-state index is 11.6. The highest BCUT2D eigenvalue weighted by Gasteiger charge is 2.39. The molecule has 0 aromatic heterocycles. The Morgan fingerprint density at radius 2 is 1.92 bits per heavy atom. The first-order valence-electron chi connectivity index (χ1n) is 3.33. The van der Waals surface area contributed by atoms with Crippen LogP contribution in [0.3, 0.4) is 0 Å². The molecule has 0 saturated carbocycles. The van der Waals surface area contributed by atoms with Crippen LogP contribution in [0.15, 0.2) is 0 Å². The molecular weight excluding hydrogens is 191 g/mol. The van der Waals surface area contributed by atoms with Crippen LogP contribution >= 0.6 is 0 Å². The Bertz CT molecular complexity index is 214. The number of amides is 1. The Hall–Kier alpha value is -1.27. The van der Waals surface area contributed by atoms with Gasteiger partial charge in [-0.3, -0.25) is 9.59 Å². The molecule has 1 unspecified atom stereocenters. The zero-order chi connectivity index (χ0) is 10.6. The topological polar surface area (TPSA) is 66.4 Å². The summed E-state index contributed by atoms with van der Waals surface area (Å²) in [5.74, 6) is -3.39. The molecule has 0 saturated heterocycles. The van der Waals surface area contributed by atoms with Crippen LogP contribution in [0.5, 0.6) is 0 Å². The number of alkyl halides is 3. The molecule has 0 bridgehead atoms. The normalized spacial score (nSPS) is 13.5. The van der Waals surface area contributed by atoms with E-state index in [2.05, 4.69) is 0 Å². The van der Waals surface area contributed by atoms with Crippen LogP contribution in [-0.4, -0.2) is 29.2 Å². The van der Waals surface area contributed by atoms with Crippen molar-refractivity contribution in [2.24, 2.45) is 0 Å². The highest BCUT2D eigenvalue weighted by atomic mass is 19.4. The van der Waals surface area contributed by atoms with Crippen LogP contribution in [0.1, 0.15) is 13.3 Å². The molecule has 2 N–H and O–H groups in total. The lowest BCUT2D eigenvalue weighted by Gasteiger charge is -2.12. The second kappa shape index (κ2) is 4.11. The lowest BCUT2D eigenvalue weighted by Crippen LogP contribution is -2.42. The van der Waals surface area contributed by atoms with Gasteiger partial charge in [0.1, 0.15) is 0 Å². The molecule has 4 nitrogen and oxygen atoms in total. The van der Waals surface area contributed by atoms with Gasteiger partial charge in [-0.2, -0.15) is 13.2 Å². The van der Waals surface area contributed by atoms with E-state index in [0.717, 1.165) is 0 Å². The number of nitrogens with one attached hydrogen (secondary N) is 1. The summed E-state index contributed by atoms with van der Waals surface area (Å²) in [4.78, 5) is 20.2. The third-order valence-corrected chi connectivity index (χ3v) is 1.12. The van der Waals surface area contributed by atoms with Crippen molar-refractivity contribution in [2.75, 3.05) is 0 Å². The molecule has 7 heteroatoms. The van der Waals surface area contributed by atoms with E-state index in [4.69, 9.17) is 5.11 Å². The Labute approximate surface area is 71.7 Å². The van der Waals surface area contributed by atoms with Gasteiger partial charge in [0.2, 0.25) is 0 Å². The number of carbonyl (C=O) groups is 2. The fourth-order valence-electron chi connectivity index (χ4n) is 0.619. The number of hydrogen-bond donors (Lipinski definition) is 2. The van der Waals surface area contributed by atoms with E-state index in [9.17, 15) is 22.8 Å². The molecule has 0 radical (unpaired) electrons. The van der Waals surface area contributed by atoms with Crippen molar-refractivity contribution < 1.29 is 27.9 Å². The number of halogens is 3. The fraction of sp³-hybridized carbons (Fsp3) is 0.667. The number of carboxylic acid groups (broad SMARTS) is 1. The van der Waals surface area contributed by atoms with Gasteiger partial charge in [-0.15, -0.1) is 0 Å². The van der Waals surface area contributed by atoms with Crippen molar-refractivity contribution >= 4 is 11.9 Å². The molecule has 0 aromatic rings. The zero-order valence-electron chi connectivity index (χ0n) is 6.68. The lowest BCUT2D eigenvalue weighted by atomic mass is 10.2. The van der Waals surface area contributed by atoms with Crippen LogP contribution in [0.4, 0.5) is 13.2 Å². The largest absolute Gasteiger partial charge is 0.481 e. The second-order valence-corrected chi connectivity index (χ2v) is 2.47. The molecule has 76 valence electrons. The minimum atomic E-state index is -4.97. The number of carbonyl (C=O) groups excluding carboxylic acids is 1. The molecule has 0 fully saturated rings. The van der Waals surface area contributed by atoms with E-state index in [-0.39, 0.29) is 0 Å². The molecule has 0 rings (SSSR count). The minimum absolute atomic E-state index is 0.540. The van der Waals surface area contributed by atoms with Crippen molar-refractivity contribution in [2.45, 2.75) is 25.6 Å². The summed E-state index contributed by atoms with van der Waals surface area (Å²) in [6, 6.07) is -1.04. The molecule has 0 aliphatic heterocycles. The SMILES string of the molecule is CC(CC(=O)O)NC(=O)C(F)(F)F. The summed E-state index contributed by atoms with van der Waals surface area (Å²) in [6.45, 7) is 1.18. The summed E-state index contributed by atoms with van der Waals surface area (Å²) >= 11 is 0. The molecule has 0 heterocycles. The Kier molecular flexibility index (Phi) is 3.70. The molecule has 13 heavy (non-hydrogen) atoms. The molecule has 0 spiro atoms. The van der Waals surface area contributed by atoms with E-state index >= 15 is 0 Å². The van der Waals surface area contributed by atoms with Gasteiger partial charge < -0.3 is 10.4 Å². The highest BCUT2D eigenvalue weighted by Crippen LogP contribution is 2.14. The van der Waals surface area contributed by atoms with E-state index in [1.54, 1.807) is 0 Å². The maximum absolute atomic E-state index is 11.6. The first kappa shape index (κ1) is 11.7. The van der Waals surface area contributed by atoms with Crippen LogP contribution < -0.4 is 5.32 Å². The van der Waals surface area contributed by atoms with Gasteiger partial charge in [0.05, 0.1) is 6.42 Å². The predicted molar refractivity (Wildman–Crippen MR) is 35.9 cm³/mol. The van der Waals surface area contributed by atoms with Crippen molar-refractivity contribution in [3.8, 4) is 0 Å². The second-order valence-electron chi connectivity index (χ2n) is 2.47. The van der Waals surface area contributed by atoms with Crippen molar-refractivity contribution in [1.82, 2.24) is 5.32 Å². The summed E-state index contributed by atoms with van der Waals surface area (Å²) in [6.07, 6.45) is -5.51. The molecule has 0 aliphatic rings. The van der Waals surface area contributed by atoms with Crippen LogP contribution in [-0.2, 0) is 9.59 Å². The average molecular weight is 199 g/mol. The number of carboxylic acids is 1. The lowest BCUT2D eigenvalue weighted by molar-refractivity contribution is -0.174. The Morgan fingerprint density at radius 3 is 2.23 bits per heavy atom. The predicted octanol–water partition coefficient (Wildman–Crippen LogP) is 0.528. The number of hydrogen-bond acceptors (Lipinski definition) is 2. The monoisotopic (exact) mass is 199 g/mol. The van der Waals surface area contributed by atoms with Gasteiger partial charge in [-0.1, -0.05) is 0 Å². The van der Waals surface area contributed by atoms with Crippen LogP contribution in [0.25, 0.3) is 0 Å². The smallest absolute Gasteiger partial charge is 0.471 e. The minimum Gasteiger partial charge on any atom is -0.481 e. The Morgan fingerprint density at radius 1 is 1.46 bits per heavy atom. The van der Waals surface area contributed by atoms with E-state index in [1.165, 1.54) is 12.2 Å². The van der Waals surface area contributed by atoms with E-state index < -0.39 is 30.5 Å². The first-order valence-corrected chi connectivity index (χ1v) is 3.33. The van der Waals surface area contributed by atoms with Crippen LogP contribution in [0.2, 0.25) is 0 Å². The summed E-state index contributed by atoms with van der Waals surface area (Å²) in [5, 5.41) is 9.67. The molecule has 1 atom stereocenters. The molecule has 0 aliphatic carbocycles. The highest BCUT2D eigenvalue weighted by molar-refractivity contribution is 5.82. The van der Waals surface area contributed by atoms with Gasteiger partial charge in [0.25, 0.3) is 0 Å². The van der Waals surface area contributed by atoms with Gasteiger partial charge in [0, 0.05) is 6.04 Å². The summed E-state index contributed by atoms with van der Waals surface area (Å²) < 4.78 is 34.8. The third kappa shape index (κ3) is 5.05. The van der Waals surface area contributed by atoms with Gasteiger partial charge in [-0.05, 0) is 6.92 Å². The summed E-state index contributed by atoms with van der Waals surface area (Å²) in [7, 11) is 0. The molecular formula is C6H8F3NO3. The third-order valence-electron chi connectivity index (χ3n) is 1.12. The fourth-order valence-corrected chi connectivity index (χ4v) is 0.619. The van der Waals surface area contributed by atoms with Crippen molar-refractivity contribution in [3.63, 3.8) is 0 Å². The van der Waals surface area contributed by atoms with Gasteiger partial charge in [-0.25, -0.2) is 0 Å². The molecule has 1 amide bonds. The quantitative estimate of drug-likeness (QED) is 0.696. The number of rotatable bonds is 3. The average Bonchev–Trinajstić information content (AvgIpc) is 1.82. The first-order chi connectivity index (χ1) is 5.73. The zero-order valence-corrected chi connectivity index (χ0v) is 6.68. The van der Waals surface area contributed by atoms with Gasteiger partial charge in [0.15, 0.2) is 0 Å². The van der Waals surface area contributed by atoms with E-state index in [1.807, 2.05) is 0 Å². The van der Waals surface area contributed by atoms with Crippen LogP contribution in [0, 0.1) is 0 Å². The summed E-state index contributed by atoms with van der Waals surface area (Å²) in [5.41, 5.74) is 0. The van der Waals surface area contributed by atoms with Gasteiger partial charge >= 0.3 is 18.1 Å². The Balaban J connectivity index is 4.00. The maximum Gasteiger partial charge on any atom is 0.471 e. The number of aliphatic carboxylic acids is 1. The molecule has 0 aromatic carbocycles.